The van der Waals surface area contributed by atoms with Gasteiger partial charge in [0.15, 0.2) is 0 Å². The maximum Gasteiger partial charge on any atom is 0.255 e. The van der Waals surface area contributed by atoms with Crippen LogP contribution in [0.15, 0.2) is 42.5 Å². The third kappa shape index (κ3) is 4.07. The predicted molar refractivity (Wildman–Crippen MR) is 105 cm³/mol. The van der Waals surface area contributed by atoms with E-state index < -0.39 is 0 Å². The molecule has 0 aromatic heterocycles. The second kappa shape index (κ2) is 7.92. The number of benzene rings is 2. The van der Waals surface area contributed by atoms with E-state index in [1.807, 2.05) is 17.0 Å². The zero-order chi connectivity index (χ0) is 18.7. The molecule has 26 heavy (non-hydrogen) atoms. The van der Waals surface area contributed by atoms with Gasteiger partial charge in [0.25, 0.3) is 11.8 Å². The lowest BCUT2D eigenvalue weighted by Gasteiger charge is -2.18. The fraction of sp³-hybridized carbons (Fsp3) is 0.333. The minimum absolute atomic E-state index is 0.0652. The number of carbonyl (C=O) groups excluding carboxylic acids is 2. The van der Waals surface area contributed by atoms with E-state index in [2.05, 4.69) is 19.2 Å². The van der Waals surface area contributed by atoms with Crippen LogP contribution in [0.25, 0.3) is 0 Å². The normalized spacial score (nSPS) is 13.9. The van der Waals surface area contributed by atoms with Crippen LogP contribution >= 0.6 is 11.6 Å². The molecule has 2 amide bonds. The molecule has 2 aromatic carbocycles. The summed E-state index contributed by atoms with van der Waals surface area (Å²) in [5.41, 5.74) is 2.65. The monoisotopic (exact) mass is 370 g/mol. The molecule has 5 heteroatoms. The Bertz CT molecular complexity index is 809. The molecular weight excluding hydrogens is 348 g/mol. The van der Waals surface area contributed by atoms with E-state index in [9.17, 15) is 9.59 Å². The lowest BCUT2D eigenvalue weighted by molar-refractivity contribution is 0.0794. The number of nitrogens with zero attached hydrogens (tertiary/aromatic N) is 1. The number of hydrogen-bond donors (Lipinski definition) is 1. The molecule has 0 unspecified atom stereocenters. The van der Waals surface area contributed by atoms with Crippen LogP contribution in [-0.2, 0) is 0 Å². The van der Waals surface area contributed by atoms with Crippen molar-refractivity contribution in [3.8, 4) is 0 Å². The van der Waals surface area contributed by atoms with E-state index in [1.54, 1.807) is 30.3 Å². The molecule has 0 atom stereocenters. The van der Waals surface area contributed by atoms with Gasteiger partial charge in [0.2, 0.25) is 0 Å². The Morgan fingerprint density at radius 2 is 1.69 bits per heavy atom. The van der Waals surface area contributed by atoms with Gasteiger partial charge in [-0.1, -0.05) is 37.6 Å². The van der Waals surface area contributed by atoms with Crippen LogP contribution in [0.5, 0.6) is 0 Å². The molecule has 1 aliphatic heterocycles. The van der Waals surface area contributed by atoms with Crippen molar-refractivity contribution < 1.29 is 9.59 Å². The van der Waals surface area contributed by atoms with Gasteiger partial charge in [-0.3, -0.25) is 9.59 Å². The molecule has 2 aromatic rings. The topological polar surface area (TPSA) is 49.4 Å². The highest BCUT2D eigenvalue weighted by Gasteiger charge is 2.23. The first-order chi connectivity index (χ1) is 12.5. The maximum absolute atomic E-state index is 12.7. The third-order valence-electron chi connectivity index (χ3n) is 4.69. The fourth-order valence-corrected chi connectivity index (χ4v) is 3.28. The number of amides is 2. The van der Waals surface area contributed by atoms with Crippen LogP contribution in [-0.4, -0.2) is 29.8 Å². The molecule has 0 radical (unpaired) electrons. The highest BCUT2D eigenvalue weighted by atomic mass is 35.5. The molecular formula is C21H23ClN2O2. The van der Waals surface area contributed by atoms with Gasteiger partial charge in [0, 0.05) is 23.7 Å². The molecule has 0 spiro atoms. The van der Waals surface area contributed by atoms with Crippen LogP contribution in [0, 0.1) is 0 Å². The van der Waals surface area contributed by atoms with Gasteiger partial charge in [-0.15, -0.1) is 0 Å². The van der Waals surface area contributed by atoms with Gasteiger partial charge in [-0.25, -0.2) is 0 Å². The van der Waals surface area contributed by atoms with Crippen molar-refractivity contribution in [2.24, 2.45) is 0 Å². The van der Waals surface area contributed by atoms with E-state index in [1.165, 1.54) is 5.56 Å². The zero-order valence-corrected chi connectivity index (χ0v) is 15.8. The number of carbonyl (C=O) groups is 2. The van der Waals surface area contributed by atoms with Crippen molar-refractivity contribution >= 4 is 29.1 Å². The predicted octanol–water partition coefficient (Wildman–Crippen LogP) is 4.95. The minimum atomic E-state index is -0.252. The lowest BCUT2D eigenvalue weighted by atomic mass is 10.0. The van der Waals surface area contributed by atoms with Crippen molar-refractivity contribution in [1.82, 2.24) is 4.90 Å². The van der Waals surface area contributed by atoms with Crippen LogP contribution in [0.2, 0.25) is 5.02 Å². The van der Waals surface area contributed by atoms with Crippen LogP contribution in [0.4, 0.5) is 5.69 Å². The Balaban J connectivity index is 1.83. The average molecular weight is 371 g/mol. The van der Waals surface area contributed by atoms with Gasteiger partial charge in [0.05, 0.1) is 11.3 Å². The van der Waals surface area contributed by atoms with E-state index in [0.717, 1.165) is 25.9 Å². The van der Waals surface area contributed by atoms with Crippen LogP contribution in [0.1, 0.15) is 58.9 Å². The summed E-state index contributed by atoms with van der Waals surface area (Å²) < 4.78 is 0. The van der Waals surface area contributed by atoms with Gasteiger partial charge < -0.3 is 10.2 Å². The summed E-state index contributed by atoms with van der Waals surface area (Å²) >= 11 is 6.09. The van der Waals surface area contributed by atoms with Gasteiger partial charge in [-0.2, -0.15) is 0 Å². The van der Waals surface area contributed by atoms with E-state index in [-0.39, 0.29) is 11.8 Å². The molecule has 1 fully saturated rings. The number of hydrogen-bond acceptors (Lipinski definition) is 2. The number of nitrogens with one attached hydrogen (secondary N) is 1. The van der Waals surface area contributed by atoms with Crippen molar-refractivity contribution in [2.75, 3.05) is 18.4 Å². The Kier molecular flexibility index (Phi) is 5.62. The van der Waals surface area contributed by atoms with E-state index in [0.29, 0.717) is 27.8 Å². The third-order valence-corrected chi connectivity index (χ3v) is 4.93. The number of rotatable bonds is 4. The maximum atomic E-state index is 12.7. The van der Waals surface area contributed by atoms with Crippen LogP contribution in [0.3, 0.4) is 0 Å². The number of anilines is 1. The molecule has 0 bridgehead atoms. The standard InChI is InChI=1S/C21H23ClN2O2/c1-14(2)15-5-7-16(8-6-15)20(25)23-19-13-17(22)9-10-18(19)21(26)24-11-3-4-12-24/h5-10,13-14H,3-4,11-12H2,1-2H3,(H,23,25). The molecule has 0 saturated carbocycles. The summed E-state index contributed by atoms with van der Waals surface area (Å²) in [7, 11) is 0. The molecule has 1 aliphatic rings. The van der Waals surface area contributed by atoms with Gasteiger partial charge in [-0.05, 0) is 54.7 Å². The second-order valence-electron chi connectivity index (χ2n) is 6.92. The van der Waals surface area contributed by atoms with Crippen molar-refractivity contribution in [3.63, 3.8) is 0 Å². The molecule has 136 valence electrons. The minimum Gasteiger partial charge on any atom is -0.339 e. The second-order valence-corrected chi connectivity index (χ2v) is 7.36. The Morgan fingerprint density at radius 1 is 1.04 bits per heavy atom. The van der Waals surface area contributed by atoms with E-state index >= 15 is 0 Å². The van der Waals surface area contributed by atoms with Crippen molar-refractivity contribution in [1.29, 1.82) is 0 Å². The molecule has 3 rings (SSSR count). The zero-order valence-electron chi connectivity index (χ0n) is 15.1. The molecule has 4 nitrogen and oxygen atoms in total. The molecule has 1 heterocycles. The van der Waals surface area contributed by atoms with Crippen molar-refractivity contribution in [3.05, 3.63) is 64.2 Å². The smallest absolute Gasteiger partial charge is 0.255 e. The largest absolute Gasteiger partial charge is 0.339 e. The summed E-state index contributed by atoms with van der Waals surface area (Å²) in [6, 6.07) is 12.5. The summed E-state index contributed by atoms with van der Waals surface area (Å²) in [6.07, 6.45) is 2.03. The summed E-state index contributed by atoms with van der Waals surface area (Å²) in [6.45, 7) is 5.73. The SMILES string of the molecule is CC(C)c1ccc(C(=O)Nc2cc(Cl)ccc2C(=O)N2CCCC2)cc1. The Hall–Kier alpha value is -2.33. The molecule has 1 saturated heterocycles. The number of halogens is 1. The highest BCUT2D eigenvalue weighted by Crippen LogP contribution is 2.25. The quantitative estimate of drug-likeness (QED) is 0.827. The Labute approximate surface area is 159 Å². The molecule has 1 N–H and O–H groups in total. The summed E-state index contributed by atoms with van der Waals surface area (Å²) in [5.74, 6) is 0.0902. The first-order valence-electron chi connectivity index (χ1n) is 8.96. The number of likely N-dealkylation sites (tertiary alicyclic amines) is 1. The summed E-state index contributed by atoms with van der Waals surface area (Å²) in [4.78, 5) is 27.2. The van der Waals surface area contributed by atoms with Crippen LogP contribution < -0.4 is 5.32 Å². The lowest BCUT2D eigenvalue weighted by Crippen LogP contribution is -2.28. The first-order valence-corrected chi connectivity index (χ1v) is 9.33. The first kappa shape index (κ1) is 18.5. The summed E-state index contributed by atoms with van der Waals surface area (Å²) in [5, 5.41) is 3.33. The van der Waals surface area contributed by atoms with E-state index in [4.69, 9.17) is 11.6 Å². The van der Waals surface area contributed by atoms with Gasteiger partial charge >= 0.3 is 0 Å². The van der Waals surface area contributed by atoms with Gasteiger partial charge in [0.1, 0.15) is 0 Å². The fourth-order valence-electron chi connectivity index (χ4n) is 3.11. The molecule has 0 aliphatic carbocycles. The average Bonchev–Trinajstić information content (AvgIpc) is 3.16. The Morgan fingerprint density at radius 3 is 2.31 bits per heavy atom. The highest BCUT2D eigenvalue weighted by molar-refractivity contribution is 6.31. The van der Waals surface area contributed by atoms with Crippen molar-refractivity contribution in [2.45, 2.75) is 32.6 Å².